The third kappa shape index (κ3) is 3.86. The second-order valence-corrected chi connectivity index (χ2v) is 9.54. The Morgan fingerprint density at radius 2 is 1.88 bits per heavy atom. The van der Waals surface area contributed by atoms with Gasteiger partial charge in [0.1, 0.15) is 0 Å². The zero-order valence-electron chi connectivity index (χ0n) is 11.0. The number of carbonyl (C=O) groups excluding carboxylic acids is 1. The minimum atomic E-state index is -1.74. The molecule has 4 heteroatoms. The Balaban J connectivity index is 2.51. The second-order valence-electron chi connectivity index (χ2n) is 4.50. The van der Waals surface area contributed by atoms with E-state index in [1.807, 2.05) is 12.1 Å². The molecule has 1 aromatic rings. The van der Waals surface area contributed by atoms with Crippen LogP contribution >= 0.6 is 7.26 Å². The zero-order valence-corrected chi connectivity index (χ0v) is 12.0. The Morgan fingerprint density at radius 3 is 2.35 bits per heavy atom. The van der Waals surface area contributed by atoms with Crippen molar-refractivity contribution in [2.45, 2.75) is 27.3 Å². The van der Waals surface area contributed by atoms with Gasteiger partial charge in [-0.3, -0.25) is 0 Å². The molecule has 96 valence electrons. The van der Waals surface area contributed by atoms with Gasteiger partial charge in [0, 0.05) is 0 Å². The SMILES string of the molecule is CC[PH](CC)(CNCc1ccncc1)C(C)=O. The summed E-state index contributed by atoms with van der Waals surface area (Å²) in [4.78, 5) is 15.8. The van der Waals surface area contributed by atoms with Crippen molar-refractivity contribution < 1.29 is 4.79 Å². The van der Waals surface area contributed by atoms with E-state index in [0.717, 1.165) is 25.2 Å². The van der Waals surface area contributed by atoms with E-state index in [4.69, 9.17) is 0 Å². The average molecular weight is 254 g/mol. The first-order valence-electron chi connectivity index (χ1n) is 6.25. The number of nitrogens with one attached hydrogen (secondary N) is 1. The number of hydrogen-bond acceptors (Lipinski definition) is 3. The fourth-order valence-electron chi connectivity index (χ4n) is 2.07. The minimum absolute atomic E-state index is 0.421. The van der Waals surface area contributed by atoms with Crippen LogP contribution in [-0.2, 0) is 11.3 Å². The van der Waals surface area contributed by atoms with Gasteiger partial charge in [-0.05, 0) is 0 Å². The average Bonchev–Trinajstić information content (AvgIpc) is 2.36. The Kier molecular flexibility index (Phi) is 5.73. The van der Waals surface area contributed by atoms with E-state index < -0.39 is 7.26 Å². The molecule has 0 aliphatic rings. The van der Waals surface area contributed by atoms with Gasteiger partial charge in [-0.25, -0.2) is 0 Å². The summed E-state index contributed by atoms with van der Waals surface area (Å²) in [6.07, 6.45) is 6.54. The second kappa shape index (κ2) is 6.83. The quantitative estimate of drug-likeness (QED) is 0.760. The molecule has 1 aromatic heterocycles. The summed E-state index contributed by atoms with van der Waals surface area (Å²) in [5.74, 6) is 0. The van der Waals surface area contributed by atoms with Gasteiger partial charge in [-0.1, -0.05) is 0 Å². The molecule has 0 atom stereocenters. The molecule has 0 bridgehead atoms. The predicted octanol–water partition coefficient (Wildman–Crippen LogP) is 2.46. The summed E-state index contributed by atoms with van der Waals surface area (Å²) >= 11 is 0. The topological polar surface area (TPSA) is 42.0 Å². The van der Waals surface area contributed by atoms with E-state index >= 15 is 0 Å². The van der Waals surface area contributed by atoms with Crippen LogP contribution in [0.15, 0.2) is 24.5 Å². The summed E-state index contributed by atoms with van der Waals surface area (Å²) in [7, 11) is -1.74. The van der Waals surface area contributed by atoms with Gasteiger partial charge >= 0.3 is 104 Å². The van der Waals surface area contributed by atoms with Gasteiger partial charge in [-0.15, -0.1) is 0 Å². The zero-order chi connectivity index (χ0) is 12.7. The van der Waals surface area contributed by atoms with Crippen LogP contribution in [0.25, 0.3) is 0 Å². The van der Waals surface area contributed by atoms with E-state index in [2.05, 4.69) is 24.1 Å². The number of hydrogen-bond donors (Lipinski definition) is 1. The van der Waals surface area contributed by atoms with Crippen LogP contribution in [0.4, 0.5) is 0 Å². The normalized spacial score (nSPS) is 12.4. The molecule has 17 heavy (non-hydrogen) atoms. The van der Waals surface area contributed by atoms with E-state index in [-0.39, 0.29) is 0 Å². The van der Waals surface area contributed by atoms with Crippen LogP contribution in [0.1, 0.15) is 26.3 Å². The van der Waals surface area contributed by atoms with E-state index in [1.54, 1.807) is 19.3 Å². The molecule has 0 saturated heterocycles. The van der Waals surface area contributed by atoms with Crippen molar-refractivity contribution in [1.82, 2.24) is 10.3 Å². The van der Waals surface area contributed by atoms with E-state index in [1.165, 1.54) is 5.56 Å². The number of pyridine rings is 1. The third-order valence-electron chi connectivity index (χ3n) is 3.64. The standard InChI is InChI=1S/C13H23N2OP/c1-4-17(5-2,12(3)16)11-15-10-13-6-8-14-9-7-13/h6-9,15,17H,4-5,10-11H2,1-3H3. The maximum absolute atomic E-state index is 11.8. The van der Waals surface area contributed by atoms with Crippen LogP contribution in [0, 0.1) is 0 Å². The van der Waals surface area contributed by atoms with Crippen molar-refractivity contribution in [2.24, 2.45) is 0 Å². The molecule has 0 aliphatic carbocycles. The fourth-order valence-corrected chi connectivity index (χ4v) is 4.92. The molecule has 0 amide bonds. The molecule has 0 radical (unpaired) electrons. The first-order valence-corrected chi connectivity index (χ1v) is 8.87. The molecule has 0 unspecified atom stereocenters. The maximum atomic E-state index is 11.8. The summed E-state index contributed by atoms with van der Waals surface area (Å²) in [6.45, 7) is 6.87. The van der Waals surface area contributed by atoms with Gasteiger partial charge < -0.3 is 0 Å². The van der Waals surface area contributed by atoms with Crippen molar-refractivity contribution in [2.75, 3.05) is 18.6 Å². The molecule has 1 heterocycles. The first kappa shape index (κ1) is 14.3. The number of carbonyl (C=O) groups is 1. The first-order chi connectivity index (χ1) is 8.14. The van der Waals surface area contributed by atoms with Gasteiger partial charge in [0.15, 0.2) is 0 Å². The predicted molar refractivity (Wildman–Crippen MR) is 76.0 cm³/mol. The molecule has 0 aromatic carbocycles. The van der Waals surface area contributed by atoms with Crippen LogP contribution in [0.3, 0.4) is 0 Å². The third-order valence-corrected chi connectivity index (χ3v) is 8.77. The van der Waals surface area contributed by atoms with E-state index in [9.17, 15) is 4.79 Å². The van der Waals surface area contributed by atoms with Crippen LogP contribution < -0.4 is 5.32 Å². The van der Waals surface area contributed by atoms with Crippen molar-refractivity contribution in [3.8, 4) is 0 Å². The number of nitrogens with zero attached hydrogens (tertiary/aromatic N) is 1. The summed E-state index contributed by atoms with van der Waals surface area (Å²) in [6, 6.07) is 4.00. The molecular formula is C13H23N2OP. The fraction of sp³-hybridized carbons (Fsp3) is 0.538. The molecule has 0 fully saturated rings. The molecule has 0 spiro atoms. The van der Waals surface area contributed by atoms with Crippen molar-refractivity contribution in [3.05, 3.63) is 30.1 Å². The number of aromatic nitrogens is 1. The molecular weight excluding hydrogens is 231 g/mol. The molecule has 1 N–H and O–H groups in total. The van der Waals surface area contributed by atoms with Crippen LogP contribution in [0.2, 0.25) is 0 Å². The van der Waals surface area contributed by atoms with Gasteiger partial charge in [-0.2, -0.15) is 0 Å². The van der Waals surface area contributed by atoms with Crippen LogP contribution in [-0.4, -0.2) is 29.1 Å². The van der Waals surface area contributed by atoms with Gasteiger partial charge in [0.25, 0.3) is 0 Å². The summed E-state index contributed by atoms with van der Waals surface area (Å²) in [5.41, 5.74) is 1.64. The van der Waals surface area contributed by atoms with E-state index in [0.29, 0.717) is 5.52 Å². The summed E-state index contributed by atoms with van der Waals surface area (Å²) in [5, 5.41) is 3.44. The number of rotatable bonds is 7. The Bertz CT molecular complexity index is 350. The molecule has 0 aliphatic heterocycles. The van der Waals surface area contributed by atoms with Crippen molar-refractivity contribution in [3.63, 3.8) is 0 Å². The Morgan fingerprint density at radius 1 is 1.29 bits per heavy atom. The molecule has 0 saturated carbocycles. The Hall–Kier alpha value is -0.790. The van der Waals surface area contributed by atoms with Gasteiger partial charge in [0.2, 0.25) is 0 Å². The van der Waals surface area contributed by atoms with Crippen molar-refractivity contribution >= 4 is 12.8 Å². The van der Waals surface area contributed by atoms with Crippen LogP contribution in [0.5, 0.6) is 0 Å². The molecule has 1 rings (SSSR count). The molecule has 3 nitrogen and oxygen atoms in total. The summed E-state index contributed by atoms with van der Waals surface area (Å²) < 4.78 is 0. The monoisotopic (exact) mass is 254 g/mol. The Labute approximate surface area is 104 Å². The van der Waals surface area contributed by atoms with Gasteiger partial charge in [0.05, 0.1) is 0 Å². The van der Waals surface area contributed by atoms with Crippen molar-refractivity contribution in [1.29, 1.82) is 0 Å².